The molecule has 2 aromatic carbocycles. The summed E-state index contributed by atoms with van der Waals surface area (Å²) in [6.45, 7) is 4.67. The molecule has 0 unspecified atom stereocenters. The number of rotatable bonds is 7. The molecule has 0 saturated carbocycles. The summed E-state index contributed by atoms with van der Waals surface area (Å²) < 4.78 is 16.9. The summed E-state index contributed by atoms with van der Waals surface area (Å²) in [5.41, 5.74) is 2.46. The molecule has 0 aliphatic carbocycles. The standard InChI is InChI=1S/C21H23NO4/c1-4-16-14(2)22-18-13-20(19(24-3)12-17(18)21(16)23)26-11-10-25-15-8-6-5-7-9-15/h5-9,12-13H,4,10-11H2,1-3H3,(H,22,23). The van der Waals surface area contributed by atoms with Crippen molar-refractivity contribution in [3.8, 4) is 17.2 Å². The number of ether oxygens (including phenoxy) is 3. The van der Waals surface area contributed by atoms with Crippen molar-refractivity contribution in [1.82, 2.24) is 4.98 Å². The van der Waals surface area contributed by atoms with E-state index in [-0.39, 0.29) is 5.43 Å². The lowest BCUT2D eigenvalue weighted by molar-refractivity contribution is 0.211. The van der Waals surface area contributed by atoms with E-state index >= 15 is 0 Å². The normalized spacial score (nSPS) is 10.7. The third-order valence-corrected chi connectivity index (χ3v) is 4.30. The van der Waals surface area contributed by atoms with Crippen LogP contribution in [0.4, 0.5) is 0 Å². The number of methoxy groups -OCH3 is 1. The van der Waals surface area contributed by atoms with E-state index in [9.17, 15) is 4.79 Å². The van der Waals surface area contributed by atoms with Crippen molar-refractivity contribution in [2.75, 3.05) is 20.3 Å². The van der Waals surface area contributed by atoms with Gasteiger partial charge in [0.05, 0.1) is 12.6 Å². The largest absolute Gasteiger partial charge is 0.493 e. The molecule has 0 bridgehead atoms. The first-order chi connectivity index (χ1) is 12.6. The Morgan fingerprint density at radius 2 is 1.73 bits per heavy atom. The van der Waals surface area contributed by atoms with Crippen LogP contribution in [-0.4, -0.2) is 25.3 Å². The Morgan fingerprint density at radius 3 is 2.42 bits per heavy atom. The maximum absolute atomic E-state index is 12.6. The molecule has 1 aromatic heterocycles. The number of aryl methyl sites for hydroxylation is 1. The molecule has 0 fully saturated rings. The van der Waals surface area contributed by atoms with Crippen LogP contribution in [0.2, 0.25) is 0 Å². The molecule has 0 radical (unpaired) electrons. The first-order valence-corrected chi connectivity index (χ1v) is 8.68. The number of hydrogen-bond donors (Lipinski definition) is 1. The van der Waals surface area contributed by atoms with Crippen LogP contribution < -0.4 is 19.6 Å². The van der Waals surface area contributed by atoms with E-state index < -0.39 is 0 Å². The number of benzene rings is 2. The summed E-state index contributed by atoms with van der Waals surface area (Å²) in [6.07, 6.45) is 0.689. The molecule has 0 amide bonds. The lowest BCUT2D eigenvalue weighted by Gasteiger charge is -2.14. The molecular weight excluding hydrogens is 330 g/mol. The van der Waals surface area contributed by atoms with E-state index in [0.717, 1.165) is 22.5 Å². The van der Waals surface area contributed by atoms with Crippen LogP contribution in [-0.2, 0) is 6.42 Å². The van der Waals surface area contributed by atoms with Gasteiger partial charge in [0, 0.05) is 22.7 Å². The van der Waals surface area contributed by atoms with Crippen molar-refractivity contribution >= 4 is 10.9 Å². The highest BCUT2D eigenvalue weighted by molar-refractivity contribution is 5.83. The lowest BCUT2D eigenvalue weighted by Crippen LogP contribution is -2.13. The van der Waals surface area contributed by atoms with Gasteiger partial charge in [-0.15, -0.1) is 0 Å². The summed E-state index contributed by atoms with van der Waals surface area (Å²) in [5, 5.41) is 0.609. The summed E-state index contributed by atoms with van der Waals surface area (Å²) in [7, 11) is 1.57. The predicted molar refractivity (Wildman–Crippen MR) is 103 cm³/mol. The van der Waals surface area contributed by atoms with Crippen molar-refractivity contribution in [2.45, 2.75) is 20.3 Å². The summed E-state index contributed by atoms with van der Waals surface area (Å²) >= 11 is 0. The number of fused-ring (bicyclic) bond motifs is 1. The molecule has 5 nitrogen and oxygen atoms in total. The molecule has 1 N–H and O–H groups in total. The molecule has 136 valence electrons. The minimum atomic E-state index is 0.0380. The zero-order chi connectivity index (χ0) is 18.5. The highest BCUT2D eigenvalue weighted by Gasteiger charge is 2.13. The maximum atomic E-state index is 12.6. The fraction of sp³-hybridized carbons (Fsp3) is 0.286. The van der Waals surface area contributed by atoms with Crippen LogP contribution in [0.15, 0.2) is 47.3 Å². The van der Waals surface area contributed by atoms with Gasteiger partial charge in [-0.05, 0) is 31.5 Å². The Kier molecular flexibility index (Phi) is 5.46. The number of pyridine rings is 1. The first kappa shape index (κ1) is 17.9. The number of H-pyrrole nitrogens is 1. The van der Waals surface area contributed by atoms with E-state index in [0.29, 0.717) is 36.5 Å². The third-order valence-electron chi connectivity index (χ3n) is 4.30. The zero-order valence-corrected chi connectivity index (χ0v) is 15.3. The molecule has 3 rings (SSSR count). The van der Waals surface area contributed by atoms with Gasteiger partial charge >= 0.3 is 0 Å². The second-order valence-electron chi connectivity index (χ2n) is 5.97. The molecule has 3 aromatic rings. The van der Waals surface area contributed by atoms with Gasteiger partial charge in [0.1, 0.15) is 19.0 Å². The number of aromatic nitrogens is 1. The van der Waals surface area contributed by atoms with Crippen LogP contribution in [0, 0.1) is 6.92 Å². The molecule has 0 aliphatic rings. The molecule has 0 saturated heterocycles. The SMILES string of the molecule is CCc1c(C)[nH]c2cc(OCCOc3ccccc3)c(OC)cc2c1=O. The Morgan fingerprint density at radius 1 is 1.00 bits per heavy atom. The van der Waals surface area contributed by atoms with E-state index in [2.05, 4.69) is 4.98 Å². The number of hydrogen-bond acceptors (Lipinski definition) is 4. The summed E-state index contributed by atoms with van der Waals surface area (Å²) in [5.74, 6) is 1.92. The fourth-order valence-corrected chi connectivity index (χ4v) is 2.99. The van der Waals surface area contributed by atoms with Gasteiger partial charge in [-0.3, -0.25) is 4.79 Å². The van der Waals surface area contributed by atoms with Gasteiger partial charge in [0.15, 0.2) is 16.9 Å². The quantitative estimate of drug-likeness (QED) is 0.655. The average molecular weight is 353 g/mol. The smallest absolute Gasteiger partial charge is 0.192 e. The topological polar surface area (TPSA) is 60.6 Å². The van der Waals surface area contributed by atoms with Crippen molar-refractivity contribution in [2.24, 2.45) is 0 Å². The van der Waals surface area contributed by atoms with Gasteiger partial charge < -0.3 is 19.2 Å². The molecule has 26 heavy (non-hydrogen) atoms. The van der Waals surface area contributed by atoms with Crippen LogP contribution in [0.3, 0.4) is 0 Å². The van der Waals surface area contributed by atoms with Crippen LogP contribution >= 0.6 is 0 Å². The monoisotopic (exact) mass is 353 g/mol. The minimum absolute atomic E-state index is 0.0380. The van der Waals surface area contributed by atoms with Gasteiger partial charge in [0.2, 0.25) is 0 Å². The first-order valence-electron chi connectivity index (χ1n) is 8.68. The molecule has 1 heterocycles. The number of aromatic amines is 1. The van der Waals surface area contributed by atoms with Crippen LogP contribution in [0.25, 0.3) is 10.9 Å². The maximum Gasteiger partial charge on any atom is 0.192 e. The average Bonchev–Trinajstić information content (AvgIpc) is 2.66. The van der Waals surface area contributed by atoms with Crippen molar-refractivity contribution in [1.29, 1.82) is 0 Å². The van der Waals surface area contributed by atoms with Crippen molar-refractivity contribution < 1.29 is 14.2 Å². The van der Waals surface area contributed by atoms with Crippen LogP contribution in [0.5, 0.6) is 17.2 Å². The Balaban J connectivity index is 1.80. The van der Waals surface area contributed by atoms with Gasteiger partial charge in [0.25, 0.3) is 0 Å². The summed E-state index contributed by atoms with van der Waals surface area (Å²) in [4.78, 5) is 15.9. The van der Waals surface area contributed by atoms with Crippen molar-refractivity contribution in [3.05, 3.63) is 63.9 Å². The minimum Gasteiger partial charge on any atom is -0.493 e. The lowest BCUT2D eigenvalue weighted by atomic mass is 10.1. The highest BCUT2D eigenvalue weighted by atomic mass is 16.5. The van der Waals surface area contributed by atoms with Gasteiger partial charge in [-0.1, -0.05) is 25.1 Å². The Hall–Kier alpha value is -2.95. The van der Waals surface area contributed by atoms with E-state index in [1.807, 2.05) is 50.2 Å². The predicted octanol–water partition coefficient (Wildman–Crippen LogP) is 3.87. The fourth-order valence-electron chi connectivity index (χ4n) is 2.99. The Labute approximate surface area is 152 Å². The molecule has 0 atom stereocenters. The third kappa shape index (κ3) is 3.67. The van der Waals surface area contributed by atoms with E-state index in [1.165, 1.54) is 0 Å². The second kappa shape index (κ2) is 7.95. The van der Waals surface area contributed by atoms with Gasteiger partial charge in [-0.2, -0.15) is 0 Å². The van der Waals surface area contributed by atoms with Crippen LogP contribution in [0.1, 0.15) is 18.2 Å². The van der Waals surface area contributed by atoms with Crippen molar-refractivity contribution in [3.63, 3.8) is 0 Å². The van der Waals surface area contributed by atoms with E-state index in [1.54, 1.807) is 13.2 Å². The molecule has 0 aliphatic heterocycles. The molecular formula is C21H23NO4. The highest BCUT2D eigenvalue weighted by Crippen LogP contribution is 2.31. The number of nitrogens with one attached hydrogen (secondary N) is 1. The van der Waals surface area contributed by atoms with E-state index in [4.69, 9.17) is 14.2 Å². The molecule has 5 heteroatoms. The summed E-state index contributed by atoms with van der Waals surface area (Å²) in [6, 6.07) is 13.1. The molecule has 0 spiro atoms. The number of para-hydroxylation sites is 1. The Bertz CT molecular complexity index is 948. The van der Waals surface area contributed by atoms with Gasteiger partial charge in [-0.25, -0.2) is 0 Å². The zero-order valence-electron chi connectivity index (χ0n) is 15.3. The second-order valence-corrected chi connectivity index (χ2v) is 5.97.